The Kier molecular flexibility index (Phi) is 4.24. The van der Waals surface area contributed by atoms with E-state index in [1.165, 1.54) is 31.4 Å². The van der Waals surface area contributed by atoms with Gasteiger partial charge in [0.15, 0.2) is 0 Å². The van der Waals surface area contributed by atoms with E-state index in [0.717, 1.165) is 18.7 Å². The van der Waals surface area contributed by atoms with Crippen molar-refractivity contribution >= 4 is 11.4 Å². The van der Waals surface area contributed by atoms with Gasteiger partial charge in [-0.1, -0.05) is 19.8 Å². The van der Waals surface area contributed by atoms with Crippen molar-refractivity contribution in [2.75, 3.05) is 23.8 Å². The predicted octanol–water partition coefficient (Wildman–Crippen LogP) is 3.28. The number of aromatic nitrogens is 1. The van der Waals surface area contributed by atoms with Gasteiger partial charge in [-0.2, -0.15) is 0 Å². The highest BCUT2D eigenvalue weighted by Crippen LogP contribution is 2.27. The molecule has 1 aromatic rings. The molecule has 0 amide bonds. The summed E-state index contributed by atoms with van der Waals surface area (Å²) in [5, 5.41) is 3.39. The molecule has 1 fully saturated rings. The maximum absolute atomic E-state index is 4.33. The molecule has 2 rings (SSSR count). The summed E-state index contributed by atoms with van der Waals surface area (Å²) in [7, 11) is 2.19. The van der Waals surface area contributed by atoms with Crippen LogP contribution in [0.2, 0.25) is 0 Å². The van der Waals surface area contributed by atoms with Gasteiger partial charge in [-0.15, -0.1) is 0 Å². The first-order valence-corrected chi connectivity index (χ1v) is 6.73. The fourth-order valence-electron chi connectivity index (χ4n) is 2.49. The Labute approximate surface area is 104 Å². The standard InChI is InChI=1S/C14H23N3/c1-3-8-16-12-9-14(11-15-10-12)17(2)13-6-4-5-7-13/h9-11,13,16H,3-8H2,1-2H3. The Bertz CT molecular complexity index is 345. The Morgan fingerprint density at radius 2 is 2.12 bits per heavy atom. The molecule has 1 N–H and O–H groups in total. The first-order chi connectivity index (χ1) is 8.31. The van der Waals surface area contributed by atoms with Crippen molar-refractivity contribution in [2.24, 2.45) is 0 Å². The molecule has 3 nitrogen and oxygen atoms in total. The van der Waals surface area contributed by atoms with Crippen LogP contribution in [0.5, 0.6) is 0 Å². The molecule has 17 heavy (non-hydrogen) atoms. The lowest BCUT2D eigenvalue weighted by Crippen LogP contribution is -2.28. The summed E-state index contributed by atoms with van der Waals surface area (Å²) in [5.74, 6) is 0. The molecule has 1 aliphatic carbocycles. The Morgan fingerprint density at radius 1 is 1.35 bits per heavy atom. The zero-order valence-electron chi connectivity index (χ0n) is 10.9. The third-order valence-corrected chi connectivity index (χ3v) is 3.58. The zero-order valence-corrected chi connectivity index (χ0v) is 10.9. The van der Waals surface area contributed by atoms with Crippen molar-refractivity contribution in [3.63, 3.8) is 0 Å². The molecule has 0 radical (unpaired) electrons. The van der Waals surface area contributed by atoms with Crippen molar-refractivity contribution < 1.29 is 0 Å². The molecule has 0 atom stereocenters. The van der Waals surface area contributed by atoms with Crippen LogP contribution < -0.4 is 10.2 Å². The van der Waals surface area contributed by atoms with Gasteiger partial charge in [0.25, 0.3) is 0 Å². The molecule has 0 aromatic carbocycles. The number of rotatable bonds is 5. The van der Waals surface area contributed by atoms with E-state index in [1.807, 2.05) is 12.4 Å². The molecule has 1 aromatic heterocycles. The van der Waals surface area contributed by atoms with Gasteiger partial charge in [-0.3, -0.25) is 4.98 Å². The lowest BCUT2D eigenvalue weighted by molar-refractivity contribution is 0.652. The van der Waals surface area contributed by atoms with Crippen LogP contribution in [0.1, 0.15) is 39.0 Å². The number of anilines is 2. The highest BCUT2D eigenvalue weighted by atomic mass is 15.1. The second-order valence-electron chi connectivity index (χ2n) is 4.91. The van der Waals surface area contributed by atoms with Crippen LogP contribution in [0.4, 0.5) is 11.4 Å². The van der Waals surface area contributed by atoms with E-state index in [2.05, 4.69) is 35.2 Å². The summed E-state index contributed by atoms with van der Waals surface area (Å²) < 4.78 is 0. The minimum atomic E-state index is 0.707. The third kappa shape index (κ3) is 3.11. The Balaban J connectivity index is 2.03. The smallest absolute Gasteiger partial charge is 0.0573 e. The SMILES string of the molecule is CCCNc1cncc(N(C)C2CCCC2)c1. The molecule has 1 saturated carbocycles. The largest absolute Gasteiger partial charge is 0.384 e. The number of pyridine rings is 1. The van der Waals surface area contributed by atoms with E-state index in [0.29, 0.717) is 6.04 Å². The summed E-state index contributed by atoms with van der Waals surface area (Å²) in [5.41, 5.74) is 2.37. The monoisotopic (exact) mass is 233 g/mol. The number of hydrogen-bond donors (Lipinski definition) is 1. The van der Waals surface area contributed by atoms with Crippen molar-refractivity contribution in [1.29, 1.82) is 0 Å². The zero-order chi connectivity index (χ0) is 12.1. The van der Waals surface area contributed by atoms with Crippen LogP contribution in [0.15, 0.2) is 18.5 Å². The summed E-state index contributed by atoms with van der Waals surface area (Å²) in [6.45, 7) is 3.19. The lowest BCUT2D eigenvalue weighted by Gasteiger charge is -2.26. The summed E-state index contributed by atoms with van der Waals surface area (Å²) >= 11 is 0. The van der Waals surface area contributed by atoms with Crippen LogP contribution >= 0.6 is 0 Å². The molecule has 1 aliphatic rings. The van der Waals surface area contributed by atoms with Gasteiger partial charge < -0.3 is 10.2 Å². The van der Waals surface area contributed by atoms with E-state index < -0.39 is 0 Å². The van der Waals surface area contributed by atoms with E-state index in [4.69, 9.17) is 0 Å². The van der Waals surface area contributed by atoms with E-state index in [1.54, 1.807) is 0 Å². The minimum absolute atomic E-state index is 0.707. The molecule has 0 bridgehead atoms. The van der Waals surface area contributed by atoms with Crippen LogP contribution in [0.25, 0.3) is 0 Å². The van der Waals surface area contributed by atoms with Crippen molar-refractivity contribution in [2.45, 2.75) is 45.1 Å². The number of nitrogens with zero attached hydrogens (tertiary/aromatic N) is 2. The molecule has 0 unspecified atom stereocenters. The maximum Gasteiger partial charge on any atom is 0.0573 e. The minimum Gasteiger partial charge on any atom is -0.384 e. The van der Waals surface area contributed by atoms with Crippen LogP contribution in [0.3, 0.4) is 0 Å². The average molecular weight is 233 g/mol. The van der Waals surface area contributed by atoms with Gasteiger partial charge in [0, 0.05) is 19.6 Å². The quantitative estimate of drug-likeness (QED) is 0.846. The van der Waals surface area contributed by atoms with E-state index in [9.17, 15) is 0 Å². The predicted molar refractivity (Wildman–Crippen MR) is 73.7 cm³/mol. The topological polar surface area (TPSA) is 28.2 Å². The average Bonchev–Trinajstić information content (AvgIpc) is 2.89. The summed E-state index contributed by atoms with van der Waals surface area (Å²) in [6.07, 6.45) is 10.4. The molecule has 0 saturated heterocycles. The maximum atomic E-state index is 4.33. The van der Waals surface area contributed by atoms with E-state index >= 15 is 0 Å². The Morgan fingerprint density at radius 3 is 2.82 bits per heavy atom. The second kappa shape index (κ2) is 5.89. The van der Waals surface area contributed by atoms with Crippen LogP contribution in [-0.4, -0.2) is 24.6 Å². The second-order valence-corrected chi connectivity index (χ2v) is 4.91. The number of hydrogen-bond acceptors (Lipinski definition) is 3. The normalized spacial score (nSPS) is 16.1. The molecule has 0 spiro atoms. The number of nitrogens with one attached hydrogen (secondary N) is 1. The molecule has 94 valence electrons. The van der Waals surface area contributed by atoms with Crippen molar-refractivity contribution in [3.05, 3.63) is 18.5 Å². The Hall–Kier alpha value is -1.25. The van der Waals surface area contributed by atoms with Crippen LogP contribution in [-0.2, 0) is 0 Å². The van der Waals surface area contributed by atoms with E-state index in [-0.39, 0.29) is 0 Å². The van der Waals surface area contributed by atoms with Crippen LogP contribution in [0, 0.1) is 0 Å². The first kappa shape index (κ1) is 12.2. The highest BCUT2D eigenvalue weighted by Gasteiger charge is 2.19. The van der Waals surface area contributed by atoms with Crippen molar-refractivity contribution in [1.82, 2.24) is 4.98 Å². The fraction of sp³-hybridized carbons (Fsp3) is 0.643. The van der Waals surface area contributed by atoms with Gasteiger partial charge in [0.1, 0.15) is 0 Å². The van der Waals surface area contributed by atoms with Gasteiger partial charge in [0.2, 0.25) is 0 Å². The summed E-state index contributed by atoms with van der Waals surface area (Å²) in [6, 6.07) is 2.92. The van der Waals surface area contributed by atoms with Gasteiger partial charge in [-0.05, 0) is 25.3 Å². The summed E-state index contributed by atoms with van der Waals surface area (Å²) in [4.78, 5) is 6.71. The highest BCUT2D eigenvalue weighted by molar-refractivity contribution is 5.55. The molecule has 1 heterocycles. The molecular formula is C14H23N3. The molecule has 3 heteroatoms. The van der Waals surface area contributed by atoms with Gasteiger partial charge in [-0.25, -0.2) is 0 Å². The fourth-order valence-corrected chi connectivity index (χ4v) is 2.49. The third-order valence-electron chi connectivity index (χ3n) is 3.58. The molecule has 0 aliphatic heterocycles. The van der Waals surface area contributed by atoms with Gasteiger partial charge >= 0.3 is 0 Å². The first-order valence-electron chi connectivity index (χ1n) is 6.73. The van der Waals surface area contributed by atoms with Gasteiger partial charge in [0.05, 0.1) is 23.8 Å². The molecular weight excluding hydrogens is 210 g/mol. The van der Waals surface area contributed by atoms with Crippen molar-refractivity contribution in [3.8, 4) is 0 Å². The lowest BCUT2D eigenvalue weighted by atomic mass is 10.2.